The third-order valence-corrected chi connectivity index (χ3v) is 5.25. The van der Waals surface area contributed by atoms with Crippen molar-refractivity contribution < 1.29 is 23.5 Å². The molecule has 1 heterocycles. The molecular formula is C24H28FN3O4. The van der Waals surface area contributed by atoms with E-state index in [2.05, 4.69) is 26.1 Å². The lowest BCUT2D eigenvalue weighted by Gasteiger charge is -2.25. The van der Waals surface area contributed by atoms with Crippen molar-refractivity contribution in [3.8, 4) is 5.75 Å². The van der Waals surface area contributed by atoms with Gasteiger partial charge in [-0.25, -0.2) is 9.18 Å². The Balaban J connectivity index is 1.72. The number of urea groups is 1. The number of benzene rings is 2. The number of nitrogens with one attached hydrogen (secondary N) is 2. The summed E-state index contributed by atoms with van der Waals surface area (Å²) in [5.41, 5.74) is 2.21. The van der Waals surface area contributed by atoms with E-state index in [1.54, 1.807) is 17.0 Å². The summed E-state index contributed by atoms with van der Waals surface area (Å²) < 4.78 is 19.2. The normalized spacial score (nSPS) is 14.0. The third-order valence-electron chi connectivity index (χ3n) is 5.25. The maximum atomic E-state index is 13.3. The molecule has 0 radical (unpaired) electrons. The van der Waals surface area contributed by atoms with E-state index < -0.39 is 17.9 Å². The zero-order chi connectivity index (χ0) is 23.3. The van der Waals surface area contributed by atoms with Crippen molar-refractivity contribution in [2.24, 2.45) is 5.41 Å². The van der Waals surface area contributed by atoms with Gasteiger partial charge in [0.2, 0.25) is 6.41 Å². The predicted octanol–water partition coefficient (Wildman–Crippen LogP) is 3.79. The van der Waals surface area contributed by atoms with E-state index in [4.69, 9.17) is 4.74 Å². The van der Waals surface area contributed by atoms with Crippen molar-refractivity contribution in [1.82, 2.24) is 15.5 Å². The van der Waals surface area contributed by atoms with Crippen LogP contribution in [0, 0.1) is 11.2 Å². The van der Waals surface area contributed by atoms with Gasteiger partial charge in [-0.15, -0.1) is 0 Å². The first-order chi connectivity index (χ1) is 15.2. The molecule has 1 aliphatic rings. The molecule has 0 saturated carbocycles. The highest BCUT2D eigenvalue weighted by Gasteiger charge is 2.30. The first kappa shape index (κ1) is 23.2. The van der Waals surface area contributed by atoms with Crippen molar-refractivity contribution in [3.63, 3.8) is 0 Å². The fraction of sp³-hybridized carbons (Fsp3) is 0.375. The summed E-state index contributed by atoms with van der Waals surface area (Å²) in [4.78, 5) is 37.1. The summed E-state index contributed by atoms with van der Waals surface area (Å²) in [7, 11) is 0. The van der Waals surface area contributed by atoms with Gasteiger partial charge in [0.25, 0.3) is 5.91 Å². The van der Waals surface area contributed by atoms with Crippen molar-refractivity contribution in [2.45, 2.75) is 39.8 Å². The monoisotopic (exact) mass is 441 g/mol. The molecule has 2 aromatic rings. The number of amides is 4. The topological polar surface area (TPSA) is 87.7 Å². The van der Waals surface area contributed by atoms with Crippen molar-refractivity contribution in [3.05, 3.63) is 65.0 Å². The minimum absolute atomic E-state index is 0.158. The van der Waals surface area contributed by atoms with Gasteiger partial charge in [0.05, 0.1) is 12.6 Å². The molecule has 1 atom stereocenters. The fourth-order valence-corrected chi connectivity index (χ4v) is 3.47. The van der Waals surface area contributed by atoms with Crippen LogP contribution < -0.4 is 15.4 Å². The first-order valence-electron chi connectivity index (χ1n) is 10.5. The lowest BCUT2D eigenvalue weighted by Crippen LogP contribution is -2.42. The quantitative estimate of drug-likeness (QED) is 0.610. The third kappa shape index (κ3) is 6.06. The molecule has 0 fully saturated rings. The molecule has 2 N–H and O–H groups in total. The molecule has 0 saturated heterocycles. The summed E-state index contributed by atoms with van der Waals surface area (Å²) >= 11 is 0. The summed E-state index contributed by atoms with van der Waals surface area (Å²) in [6.45, 7) is 7.55. The van der Waals surface area contributed by atoms with Crippen LogP contribution in [0.2, 0.25) is 0 Å². The van der Waals surface area contributed by atoms with Gasteiger partial charge >= 0.3 is 6.03 Å². The molecule has 2 aromatic carbocycles. The van der Waals surface area contributed by atoms with Crippen LogP contribution >= 0.6 is 0 Å². The summed E-state index contributed by atoms with van der Waals surface area (Å²) in [5, 5.41) is 4.68. The standard InChI is InChI=1S/C24H28FN3O4/c1-24(2,3)10-11-32-19-8-9-20-17(12-19)13-28(22(20)30)14-21(27-23(31)26-15-29)16-4-6-18(25)7-5-16/h4-9,12,15,21H,10-11,13-14H2,1-3H3,(H2,26,27,29,31)/t21-/m0/s1. The van der Waals surface area contributed by atoms with Gasteiger partial charge < -0.3 is 15.0 Å². The maximum Gasteiger partial charge on any atom is 0.321 e. The van der Waals surface area contributed by atoms with Crippen LogP contribution in [-0.2, 0) is 11.3 Å². The molecule has 0 aliphatic carbocycles. The summed E-state index contributed by atoms with van der Waals surface area (Å²) in [6, 6.07) is 9.72. The summed E-state index contributed by atoms with van der Waals surface area (Å²) in [6.07, 6.45) is 1.18. The maximum absolute atomic E-state index is 13.3. The number of halogens is 1. The average molecular weight is 442 g/mol. The molecule has 0 spiro atoms. The lowest BCUT2D eigenvalue weighted by atomic mass is 9.93. The van der Waals surface area contributed by atoms with Gasteiger partial charge in [-0.05, 0) is 53.3 Å². The number of carbonyl (C=O) groups is 3. The second kappa shape index (κ2) is 9.80. The molecule has 0 aromatic heterocycles. The van der Waals surface area contributed by atoms with Crippen LogP contribution in [0.3, 0.4) is 0 Å². The van der Waals surface area contributed by atoms with Gasteiger partial charge in [0, 0.05) is 18.7 Å². The number of nitrogens with zero attached hydrogens (tertiary/aromatic N) is 1. The zero-order valence-corrected chi connectivity index (χ0v) is 18.5. The second-order valence-corrected chi connectivity index (χ2v) is 9.00. The molecule has 4 amide bonds. The molecule has 1 aliphatic heterocycles. The predicted molar refractivity (Wildman–Crippen MR) is 118 cm³/mol. The van der Waals surface area contributed by atoms with Crippen molar-refractivity contribution >= 4 is 18.3 Å². The molecule has 170 valence electrons. The Labute approximate surface area is 186 Å². The van der Waals surface area contributed by atoms with Crippen molar-refractivity contribution in [2.75, 3.05) is 13.2 Å². The fourth-order valence-electron chi connectivity index (χ4n) is 3.47. The Morgan fingerprint density at radius 2 is 1.94 bits per heavy atom. The number of hydrogen-bond donors (Lipinski definition) is 2. The molecule has 32 heavy (non-hydrogen) atoms. The molecule has 3 rings (SSSR count). The average Bonchev–Trinajstić information content (AvgIpc) is 3.02. The van der Waals surface area contributed by atoms with E-state index in [9.17, 15) is 18.8 Å². The molecule has 0 bridgehead atoms. The number of hydrogen-bond acceptors (Lipinski definition) is 4. The highest BCUT2D eigenvalue weighted by Crippen LogP contribution is 2.29. The van der Waals surface area contributed by atoms with Gasteiger partial charge in [0.15, 0.2) is 0 Å². The van der Waals surface area contributed by atoms with E-state index in [1.807, 2.05) is 11.4 Å². The van der Waals surface area contributed by atoms with Gasteiger partial charge in [-0.2, -0.15) is 0 Å². The number of rotatable bonds is 8. The van der Waals surface area contributed by atoms with Gasteiger partial charge in [-0.3, -0.25) is 14.9 Å². The Morgan fingerprint density at radius 1 is 1.22 bits per heavy atom. The Hall–Kier alpha value is -3.42. The van der Waals surface area contributed by atoms with Crippen LogP contribution in [-0.4, -0.2) is 36.4 Å². The van der Waals surface area contributed by atoms with E-state index in [1.165, 1.54) is 24.3 Å². The Morgan fingerprint density at radius 3 is 2.59 bits per heavy atom. The number of fused-ring (bicyclic) bond motifs is 1. The molecule has 0 unspecified atom stereocenters. The zero-order valence-electron chi connectivity index (χ0n) is 18.5. The SMILES string of the molecule is CC(C)(C)CCOc1ccc2c(c1)CN(C[C@H](NC(=O)NC=O)c1ccc(F)cc1)C2=O. The van der Waals surface area contributed by atoms with Gasteiger partial charge in [0.1, 0.15) is 11.6 Å². The van der Waals surface area contributed by atoms with Crippen molar-refractivity contribution in [1.29, 1.82) is 0 Å². The first-order valence-corrected chi connectivity index (χ1v) is 10.5. The minimum Gasteiger partial charge on any atom is -0.494 e. The van der Waals surface area contributed by atoms with Crippen LogP contribution in [0.25, 0.3) is 0 Å². The Kier molecular flexibility index (Phi) is 7.12. The number of ether oxygens (including phenoxy) is 1. The minimum atomic E-state index is -0.701. The lowest BCUT2D eigenvalue weighted by molar-refractivity contribution is -0.108. The van der Waals surface area contributed by atoms with E-state index in [-0.39, 0.29) is 24.3 Å². The smallest absolute Gasteiger partial charge is 0.321 e. The highest BCUT2D eigenvalue weighted by molar-refractivity contribution is 5.98. The van der Waals surface area contributed by atoms with Crippen LogP contribution in [0.4, 0.5) is 9.18 Å². The van der Waals surface area contributed by atoms with E-state index >= 15 is 0 Å². The highest BCUT2D eigenvalue weighted by atomic mass is 19.1. The van der Waals surface area contributed by atoms with Crippen LogP contribution in [0.1, 0.15) is 54.7 Å². The number of imide groups is 1. The van der Waals surface area contributed by atoms with Crippen LogP contribution in [0.5, 0.6) is 5.75 Å². The summed E-state index contributed by atoms with van der Waals surface area (Å²) in [5.74, 6) is 0.139. The van der Waals surface area contributed by atoms with E-state index in [0.717, 1.165) is 12.0 Å². The molecule has 8 heteroatoms. The number of carbonyl (C=O) groups excluding carboxylic acids is 3. The second-order valence-electron chi connectivity index (χ2n) is 9.00. The van der Waals surface area contributed by atoms with E-state index in [0.29, 0.717) is 30.0 Å². The van der Waals surface area contributed by atoms with Gasteiger partial charge in [-0.1, -0.05) is 32.9 Å². The molecule has 7 nitrogen and oxygen atoms in total. The largest absolute Gasteiger partial charge is 0.494 e. The molecular weight excluding hydrogens is 413 g/mol. The van der Waals surface area contributed by atoms with Crippen LogP contribution in [0.15, 0.2) is 42.5 Å². The Bertz CT molecular complexity index is 986.